The molecule has 88 valence electrons. The predicted octanol–water partition coefficient (Wildman–Crippen LogP) is 1.29. The zero-order chi connectivity index (χ0) is 12.1. The summed E-state index contributed by atoms with van der Waals surface area (Å²) in [4.78, 5) is 28.6. The normalized spacial score (nSPS) is 12.4. The summed E-state index contributed by atoms with van der Waals surface area (Å²) in [5.41, 5.74) is -0.197. The molecule has 6 heteroatoms. The average molecular weight is 242 g/mol. The van der Waals surface area contributed by atoms with E-state index in [1.807, 2.05) is 6.92 Å². The van der Waals surface area contributed by atoms with Gasteiger partial charge in [0.15, 0.2) is 0 Å². The third-order valence-corrected chi connectivity index (χ3v) is 2.91. The number of hydrogen-bond donors (Lipinski definition) is 2. The van der Waals surface area contributed by atoms with Crippen LogP contribution in [0, 0.1) is 0 Å². The van der Waals surface area contributed by atoms with Crippen LogP contribution in [0.5, 0.6) is 0 Å². The van der Waals surface area contributed by atoms with Crippen LogP contribution in [-0.4, -0.2) is 26.3 Å². The minimum absolute atomic E-state index is 0.0562. The quantitative estimate of drug-likeness (QED) is 0.600. The summed E-state index contributed by atoms with van der Waals surface area (Å²) in [6.07, 6.45) is 0.706. The molecule has 16 heavy (non-hydrogen) atoms. The fourth-order valence-corrected chi connectivity index (χ4v) is 2.18. The molecule has 5 nitrogen and oxygen atoms in total. The van der Waals surface area contributed by atoms with Gasteiger partial charge in [-0.05, 0) is 0 Å². The summed E-state index contributed by atoms with van der Waals surface area (Å²) >= 11 is 1.30. The molecule has 0 aliphatic heterocycles. The van der Waals surface area contributed by atoms with E-state index in [-0.39, 0.29) is 17.2 Å². The minimum atomic E-state index is -0.847. The van der Waals surface area contributed by atoms with Crippen molar-refractivity contribution in [2.45, 2.75) is 37.0 Å². The lowest BCUT2D eigenvalue weighted by Crippen LogP contribution is -2.12. The number of rotatable bonds is 5. The van der Waals surface area contributed by atoms with Gasteiger partial charge in [0.05, 0.1) is 6.42 Å². The maximum Gasteiger partial charge on any atom is 0.304 e. The molecule has 1 heterocycles. The second-order valence-electron chi connectivity index (χ2n) is 3.41. The first kappa shape index (κ1) is 12.8. The van der Waals surface area contributed by atoms with Crippen LogP contribution < -0.4 is 5.56 Å². The van der Waals surface area contributed by atoms with Gasteiger partial charge in [-0.3, -0.25) is 9.59 Å². The Hall–Kier alpha value is -1.30. The van der Waals surface area contributed by atoms with Crippen LogP contribution in [0.15, 0.2) is 15.9 Å². The number of H-pyrrole nitrogens is 1. The Kier molecular flexibility index (Phi) is 4.54. The standard InChI is InChI=1S/C10H14N2O3S/c1-3-7-11-8(13)5-9(12-7)16-6(2)4-10(14)15/h5-6H,3-4H2,1-2H3,(H,14,15)(H,11,12,13). The number of nitrogens with one attached hydrogen (secondary N) is 1. The lowest BCUT2D eigenvalue weighted by Gasteiger charge is -2.07. The van der Waals surface area contributed by atoms with Crippen molar-refractivity contribution >= 4 is 17.7 Å². The van der Waals surface area contributed by atoms with Gasteiger partial charge in [-0.1, -0.05) is 13.8 Å². The second kappa shape index (κ2) is 5.69. The number of aryl methyl sites for hydroxylation is 1. The van der Waals surface area contributed by atoms with E-state index in [0.29, 0.717) is 17.3 Å². The molecule has 0 aliphatic rings. The summed E-state index contributed by atoms with van der Waals surface area (Å²) in [6.45, 7) is 3.70. The van der Waals surface area contributed by atoms with Crippen molar-refractivity contribution < 1.29 is 9.90 Å². The highest BCUT2D eigenvalue weighted by molar-refractivity contribution is 7.99. The first-order valence-electron chi connectivity index (χ1n) is 5.00. The summed E-state index contributed by atoms with van der Waals surface area (Å²) in [5.74, 6) is -0.224. The molecular formula is C10H14N2O3S. The molecule has 1 aromatic rings. The molecule has 0 aliphatic carbocycles. The van der Waals surface area contributed by atoms with Crippen LogP contribution in [0.4, 0.5) is 0 Å². The van der Waals surface area contributed by atoms with Crippen LogP contribution in [0.1, 0.15) is 26.1 Å². The van der Waals surface area contributed by atoms with Gasteiger partial charge in [-0.25, -0.2) is 4.98 Å². The topological polar surface area (TPSA) is 83.0 Å². The van der Waals surface area contributed by atoms with E-state index < -0.39 is 5.97 Å². The maximum absolute atomic E-state index is 11.2. The Morgan fingerprint density at radius 3 is 2.94 bits per heavy atom. The fourth-order valence-electron chi connectivity index (χ4n) is 1.21. The maximum atomic E-state index is 11.2. The first-order chi connectivity index (χ1) is 7.51. The zero-order valence-corrected chi connectivity index (χ0v) is 10.0. The van der Waals surface area contributed by atoms with E-state index in [9.17, 15) is 9.59 Å². The molecule has 0 bridgehead atoms. The predicted molar refractivity (Wildman–Crippen MR) is 61.8 cm³/mol. The SMILES string of the molecule is CCc1nc(SC(C)CC(=O)O)cc(=O)[nH]1. The summed E-state index contributed by atoms with van der Waals surface area (Å²) < 4.78 is 0. The zero-order valence-electron chi connectivity index (χ0n) is 9.19. The van der Waals surface area contributed by atoms with Crippen LogP contribution >= 0.6 is 11.8 Å². The monoisotopic (exact) mass is 242 g/mol. The molecule has 0 radical (unpaired) electrons. The van der Waals surface area contributed by atoms with Crippen LogP contribution in [0.25, 0.3) is 0 Å². The molecule has 0 saturated heterocycles. The Morgan fingerprint density at radius 1 is 1.69 bits per heavy atom. The van der Waals surface area contributed by atoms with Gasteiger partial charge in [-0.2, -0.15) is 0 Å². The average Bonchev–Trinajstić information content (AvgIpc) is 2.14. The van der Waals surface area contributed by atoms with Crippen LogP contribution in [0.2, 0.25) is 0 Å². The summed E-state index contributed by atoms with van der Waals surface area (Å²) in [6, 6.07) is 1.39. The second-order valence-corrected chi connectivity index (χ2v) is 4.87. The molecule has 1 atom stereocenters. The third-order valence-electron chi connectivity index (χ3n) is 1.89. The molecule has 0 spiro atoms. The van der Waals surface area contributed by atoms with E-state index in [1.165, 1.54) is 17.8 Å². The van der Waals surface area contributed by atoms with Gasteiger partial charge >= 0.3 is 5.97 Å². The van der Waals surface area contributed by atoms with Crippen molar-refractivity contribution in [3.8, 4) is 0 Å². The van der Waals surface area contributed by atoms with Gasteiger partial charge in [0, 0.05) is 17.7 Å². The highest BCUT2D eigenvalue weighted by Crippen LogP contribution is 2.22. The van der Waals surface area contributed by atoms with E-state index in [1.54, 1.807) is 6.92 Å². The van der Waals surface area contributed by atoms with E-state index >= 15 is 0 Å². The Bertz CT molecular complexity index is 430. The number of nitrogens with zero attached hydrogens (tertiary/aromatic N) is 1. The molecule has 0 saturated carbocycles. The van der Waals surface area contributed by atoms with Crippen LogP contribution in [0.3, 0.4) is 0 Å². The van der Waals surface area contributed by atoms with Crippen molar-refractivity contribution in [3.63, 3.8) is 0 Å². The van der Waals surface area contributed by atoms with E-state index in [2.05, 4.69) is 9.97 Å². The van der Waals surface area contributed by atoms with Gasteiger partial charge in [0.1, 0.15) is 10.9 Å². The highest BCUT2D eigenvalue weighted by Gasteiger charge is 2.11. The molecular weight excluding hydrogens is 228 g/mol. The highest BCUT2D eigenvalue weighted by atomic mass is 32.2. The smallest absolute Gasteiger partial charge is 0.304 e. The summed E-state index contributed by atoms with van der Waals surface area (Å²) in [5, 5.41) is 9.09. The van der Waals surface area contributed by atoms with Crippen LogP contribution in [-0.2, 0) is 11.2 Å². The number of aromatic nitrogens is 2. The minimum Gasteiger partial charge on any atom is -0.481 e. The Balaban J connectivity index is 2.76. The molecule has 1 rings (SSSR count). The number of hydrogen-bond acceptors (Lipinski definition) is 4. The molecule has 2 N–H and O–H groups in total. The van der Waals surface area contributed by atoms with E-state index in [4.69, 9.17) is 5.11 Å². The third kappa shape index (κ3) is 4.06. The van der Waals surface area contributed by atoms with E-state index in [0.717, 1.165) is 0 Å². The number of thioether (sulfide) groups is 1. The Labute approximate surface area is 97.3 Å². The lowest BCUT2D eigenvalue weighted by atomic mass is 10.3. The lowest BCUT2D eigenvalue weighted by molar-refractivity contribution is -0.136. The van der Waals surface area contributed by atoms with Crippen molar-refractivity contribution in [1.29, 1.82) is 0 Å². The Morgan fingerprint density at radius 2 is 2.38 bits per heavy atom. The van der Waals surface area contributed by atoms with Crippen molar-refractivity contribution in [2.75, 3.05) is 0 Å². The summed E-state index contributed by atoms with van der Waals surface area (Å²) in [7, 11) is 0. The van der Waals surface area contributed by atoms with Gasteiger partial charge in [0.25, 0.3) is 5.56 Å². The molecule has 1 unspecified atom stereocenters. The number of carboxylic acids is 1. The molecule has 0 fully saturated rings. The van der Waals surface area contributed by atoms with Crippen molar-refractivity contribution in [2.24, 2.45) is 0 Å². The fraction of sp³-hybridized carbons (Fsp3) is 0.500. The molecule has 0 aromatic carbocycles. The van der Waals surface area contributed by atoms with Gasteiger partial charge in [0.2, 0.25) is 0 Å². The van der Waals surface area contributed by atoms with Gasteiger partial charge in [-0.15, -0.1) is 11.8 Å². The van der Waals surface area contributed by atoms with Crippen molar-refractivity contribution in [1.82, 2.24) is 9.97 Å². The number of aromatic amines is 1. The van der Waals surface area contributed by atoms with Crippen molar-refractivity contribution in [3.05, 3.63) is 22.2 Å². The number of carboxylic acid groups (broad SMARTS) is 1. The van der Waals surface area contributed by atoms with Gasteiger partial charge < -0.3 is 10.1 Å². The first-order valence-corrected chi connectivity index (χ1v) is 5.88. The largest absolute Gasteiger partial charge is 0.481 e. The molecule has 0 amide bonds. The number of carbonyl (C=O) groups is 1. The number of aliphatic carboxylic acids is 1. The molecule has 1 aromatic heterocycles.